The summed E-state index contributed by atoms with van der Waals surface area (Å²) in [5.41, 5.74) is 1.33. The van der Waals surface area contributed by atoms with E-state index in [1.807, 2.05) is 30.3 Å². The van der Waals surface area contributed by atoms with E-state index in [2.05, 4.69) is 10.3 Å². The van der Waals surface area contributed by atoms with E-state index in [0.717, 1.165) is 5.56 Å². The molecule has 0 saturated carbocycles. The predicted molar refractivity (Wildman–Crippen MR) is 66.9 cm³/mol. The molecule has 94 valence electrons. The lowest BCUT2D eigenvalue weighted by Crippen LogP contribution is -2.31. The normalized spacial score (nSPS) is 12.1. The van der Waals surface area contributed by atoms with Gasteiger partial charge in [0.15, 0.2) is 0 Å². The topological polar surface area (TPSA) is 67.2 Å². The zero-order chi connectivity index (χ0) is 13.0. The molecule has 0 saturated heterocycles. The van der Waals surface area contributed by atoms with Crippen LogP contribution >= 0.6 is 0 Å². The van der Waals surface area contributed by atoms with Gasteiger partial charge in [0.2, 0.25) is 0 Å². The van der Waals surface area contributed by atoms with E-state index in [0.29, 0.717) is 5.69 Å². The van der Waals surface area contributed by atoms with Crippen molar-refractivity contribution in [2.75, 3.05) is 6.61 Å². The Morgan fingerprint density at radius 3 is 2.72 bits per heavy atom. The summed E-state index contributed by atoms with van der Waals surface area (Å²) < 4.78 is 1.63. The lowest BCUT2D eigenvalue weighted by molar-refractivity contribution is 0.0908. The number of aryl methyl sites for hydroxylation is 1. The molecule has 0 spiro atoms. The van der Waals surface area contributed by atoms with Crippen molar-refractivity contribution in [3.63, 3.8) is 0 Å². The molecule has 2 N–H and O–H groups in total. The van der Waals surface area contributed by atoms with Gasteiger partial charge in [-0.05, 0) is 5.56 Å². The van der Waals surface area contributed by atoms with E-state index in [-0.39, 0.29) is 12.5 Å². The maximum absolute atomic E-state index is 12.0. The van der Waals surface area contributed by atoms with Gasteiger partial charge in [0, 0.05) is 7.05 Å². The minimum absolute atomic E-state index is 0.145. The lowest BCUT2D eigenvalue weighted by Gasteiger charge is -2.16. The molecule has 1 aromatic heterocycles. The first-order valence-electron chi connectivity index (χ1n) is 5.65. The van der Waals surface area contributed by atoms with Crippen molar-refractivity contribution >= 4 is 5.91 Å². The summed E-state index contributed by atoms with van der Waals surface area (Å²) in [6, 6.07) is 8.95. The highest BCUT2D eigenvalue weighted by Gasteiger charge is 2.16. The highest BCUT2D eigenvalue weighted by atomic mass is 16.3. The van der Waals surface area contributed by atoms with Crippen molar-refractivity contribution in [3.8, 4) is 0 Å². The summed E-state index contributed by atoms with van der Waals surface area (Å²) in [5.74, 6) is -0.252. The molecule has 5 heteroatoms. The molecule has 18 heavy (non-hydrogen) atoms. The predicted octanol–water partition coefficient (Wildman–Crippen LogP) is 0.883. The molecule has 2 rings (SSSR count). The number of amides is 1. The molecular formula is C13H15N3O2. The molecular weight excluding hydrogens is 230 g/mol. The number of nitrogens with zero attached hydrogens (tertiary/aromatic N) is 2. The maximum Gasteiger partial charge on any atom is 0.270 e. The van der Waals surface area contributed by atoms with E-state index in [4.69, 9.17) is 0 Å². The second-order valence-electron chi connectivity index (χ2n) is 4.01. The lowest BCUT2D eigenvalue weighted by atomic mass is 10.1. The Hall–Kier alpha value is -2.14. The summed E-state index contributed by atoms with van der Waals surface area (Å²) in [7, 11) is 1.75. The van der Waals surface area contributed by atoms with Crippen LogP contribution in [0.1, 0.15) is 22.1 Å². The molecule has 0 radical (unpaired) electrons. The van der Waals surface area contributed by atoms with Crippen LogP contribution in [0.15, 0.2) is 42.9 Å². The summed E-state index contributed by atoms with van der Waals surface area (Å²) >= 11 is 0. The molecule has 0 aliphatic heterocycles. The fourth-order valence-corrected chi connectivity index (χ4v) is 1.73. The summed E-state index contributed by atoms with van der Waals surface area (Å²) in [6.07, 6.45) is 3.06. The molecule has 0 aliphatic carbocycles. The zero-order valence-corrected chi connectivity index (χ0v) is 10.1. The molecule has 0 fully saturated rings. The number of hydrogen-bond donors (Lipinski definition) is 2. The summed E-state index contributed by atoms with van der Waals surface area (Å²) in [5, 5.41) is 12.1. The molecule has 0 unspecified atom stereocenters. The third-order valence-corrected chi connectivity index (χ3v) is 2.74. The van der Waals surface area contributed by atoms with Crippen LogP contribution in [0.2, 0.25) is 0 Å². The number of carbonyl (C=O) groups is 1. The van der Waals surface area contributed by atoms with Crippen LogP contribution in [-0.2, 0) is 7.05 Å². The van der Waals surface area contributed by atoms with Gasteiger partial charge >= 0.3 is 0 Å². The monoisotopic (exact) mass is 245 g/mol. The van der Waals surface area contributed by atoms with Gasteiger partial charge in [-0.15, -0.1) is 0 Å². The zero-order valence-electron chi connectivity index (χ0n) is 10.1. The average molecular weight is 245 g/mol. The number of imidazole rings is 1. The van der Waals surface area contributed by atoms with Crippen LogP contribution in [0.5, 0.6) is 0 Å². The molecule has 1 atom stereocenters. The van der Waals surface area contributed by atoms with Crippen LogP contribution in [-0.4, -0.2) is 27.2 Å². The van der Waals surface area contributed by atoms with Crippen LogP contribution < -0.4 is 5.32 Å². The molecule has 2 aromatic rings. The Balaban J connectivity index is 2.13. The van der Waals surface area contributed by atoms with Crippen molar-refractivity contribution in [1.29, 1.82) is 0 Å². The first-order chi connectivity index (χ1) is 8.72. The van der Waals surface area contributed by atoms with Crippen molar-refractivity contribution < 1.29 is 9.90 Å². The van der Waals surface area contributed by atoms with Gasteiger partial charge in [0.25, 0.3) is 5.91 Å². The van der Waals surface area contributed by atoms with Gasteiger partial charge in [-0.1, -0.05) is 30.3 Å². The van der Waals surface area contributed by atoms with Crippen LogP contribution in [0.4, 0.5) is 0 Å². The van der Waals surface area contributed by atoms with Gasteiger partial charge in [0.05, 0.1) is 25.2 Å². The van der Waals surface area contributed by atoms with Crippen LogP contribution in [0, 0.1) is 0 Å². The summed E-state index contributed by atoms with van der Waals surface area (Å²) in [6.45, 7) is -0.145. The number of aromatic nitrogens is 2. The fourth-order valence-electron chi connectivity index (χ4n) is 1.73. The smallest absolute Gasteiger partial charge is 0.270 e. The fraction of sp³-hybridized carbons (Fsp3) is 0.231. The number of rotatable bonds is 4. The van der Waals surface area contributed by atoms with Gasteiger partial charge in [-0.2, -0.15) is 0 Å². The van der Waals surface area contributed by atoms with E-state index in [9.17, 15) is 9.90 Å². The van der Waals surface area contributed by atoms with E-state index < -0.39 is 6.04 Å². The molecule has 0 aliphatic rings. The van der Waals surface area contributed by atoms with Gasteiger partial charge < -0.3 is 15.0 Å². The van der Waals surface area contributed by atoms with E-state index in [1.165, 1.54) is 6.20 Å². The highest BCUT2D eigenvalue weighted by Crippen LogP contribution is 2.12. The Bertz CT molecular complexity index is 522. The number of aliphatic hydroxyl groups is 1. The van der Waals surface area contributed by atoms with Crippen molar-refractivity contribution in [1.82, 2.24) is 14.9 Å². The van der Waals surface area contributed by atoms with Gasteiger partial charge in [0.1, 0.15) is 5.69 Å². The molecule has 1 heterocycles. The minimum atomic E-state index is -0.409. The quantitative estimate of drug-likeness (QED) is 0.840. The van der Waals surface area contributed by atoms with Crippen molar-refractivity contribution in [2.24, 2.45) is 7.05 Å². The maximum atomic E-state index is 12.0. The molecule has 1 aromatic carbocycles. The largest absolute Gasteiger partial charge is 0.394 e. The first kappa shape index (κ1) is 12.3. The first-order valence-corrected chi connectivity index (χ1v) is 5.65. The SMILES string of the molecule is Cn1cncc1C(=O)N[C@H](CO)c1ccccc1. The number of nitrogens with one attached hydrogen (secondary N) is 1. The number of aliphatic hydroxyl groups excluding tert-OH is 1. The molecule has 1 amide bonds. The van der Waals surface area contributed by atoms with Gasteiger partial charge in [-0.25, -0.2) is 4.98 Å². The van der Waals surface area contributed by atoms with Gasteiger partial charge in [-0.3, -0.25) is 4.79 Å². The third-order valence-electron chi connectivity index (χ3n) is 2.74. The number of hydrogen-bond acceptors (Lipinski definition) is 3. The number of carbonyl (C=O) groups excluding carboxylic acids is 1. The second kappa shape index (κ2) is 5.46. The van der Waals surface area contributed by atoms with Crippen LogP contribution in [0.25, 0.3) is 0 Å². The Labute approximate surface area is 105 Å². The average Bonchev–Trinajstić information content (AvgIpc) is 2.83. The Morgan fingerprint density at radius 1 is 1.44 bits per heavy atom. The molecule has 0 bridgehead atoms. The standard InChI is InChI=1S/C13H15N3O2/c1-16-9-14-7-12(16)13(18)15-11(8-17)10-5-3-2-4-6-10/h2-7,9,11,17H,8H2,1H3,(H,15,18)/t11-/m1/s1. The minimum Gasteiger partial charge on any atom is -0.394 e. The Morgan fingerprint density at radius 2 is 2.17 bits per heavy atom. The van der Waals surface area contributed by atoms with E-state index in [1.54, 1.807) is 17.9 Å². The second-order valence-corrected chi connectivity index (χ2v) is 4.01. The van der Waals surface area contributed by atoms with Crippen LogP contribution in [0.3, 0.4) is 0 Å². The van der Waals surface area contributed by atoms with E-state index >= 15 is 0 Å². The number of benzene rings is 1. The van der Waals surface area contributed by atoms with Crippen molar-refractivity contribution in [3.05, 3.63) is 54.1 Å². The molecule has 5 nitrogen and oxygen atoms in total. The Kier molecular flexibility index (Phi) is 3.74. The highest BCUT2D eigenvalue weighted by molar-refractivity contribution is 5.92. The third kappa shape index (κ3) is 2.57. The van der Waals surface area contributed by atoms with Crippen molar-refractivity contribution in [2.45, 2.75) is 6.04 Å². The summed E-state index contributed by atoms with van der Waals surface area (Å²) in [4.78, 5) is 15.9.